The van der Waals surface area contributed by atoms with E-state index in [2.05, 4.69) is 21.2 Å². The van der Waals surface area contributed by atoms with Gasteiger partial charge in [-0.25, -0.2) is 17.2 Å². The summed E-state index contributed by atoms with van der Waals surface area (Å²) in [7, 11) is -3.01. The number of hydrogen-bond acceptors (Lipinski definition) is 3. The largest absolute Gasteiger partial charge is 0.310 e. The summed E-state index contributed by atoms with van der Waals surface area (Å²) in [4.78, 5) is 0. The summed E-state index contributed by atoms with van der Waals surface area (Å²) >= 11 is 3.07. The van der Waals surface area contributed by atoms with E-state index in [0.717, 1.165) is 6.07 Å². The molecule has 0 saturated heterocycles. The number of halogens is 3. The van der Waals surface area contributed by atoms with Crippen LogP contribution >= 0.6 is 15.9 Å². The molecule has 0 spiro atoms. The molecule has 0 bridgehead atoms. The summed E-state index contributed by atoms with van der Waals surface area (Å²) in [6, 6.07) is 2.39. The molecule has 1 rings (SSSR count). The molecular formula is C14H20BrF2NO2S. The molecule has 0 amide bonds. The Morgan fingerprint density at radius 3 is 2.52 bits per heavy atom. The maximum absolute atomic E-state index is 13.6. The summed E-state index contributed by atoms with van der Waals surface area (Å²) in [5.74, 6) is -1.61. The van der Waals surface area contributed by atoms with Crippen molar-refractivity contribution in [1.29, 1.82) is 0 Å². The van der Waals surface area contributed by atoms with Crippen LogP contribution < -0.4 is 5.32 Å². The van der Waals surface area contributed by atoms with E-state index in [0.29, 0.717) is 24.9 Å². The summed E-state index contributed by atoms with van der Waals surface area (Å²) in [5, 5.41) is 3.18. The zero-order valence-electron chi connectivity index (χ0n) is 12.1. The van der Waals surface area contributed by atoms with E-state index in [-0.39, 0.29) is 22.0 Å². The third-order valence-corrected chi connectivity index (χ3v) is 5.88. The normalized spacial score (nSPS) is 13.4. The molecule has 0 radical (unpaired) electrons. The minimum Gasteiger partial charge on any atom is -0.310 e. The van der Waals surface area contributed by atoms with Crippen molar-refractivity contribution in [2.75, 3.05) is 18.1 Å². The number of benzene rings is 1. The van der Waals surface area contributed by atoms with Crippen LogP contribution in [-0.4, -0.2) is 26.5 Å². The summed E-state index contributed by atoms with van der Waals surface area (Å²) in [6.07, 6.45) is 1.01. The molecular weight excluding hydrogens is 364 g/mol. The highest BCUT2D eigenvalue weighted by atomic mass is 79.9. The predicted molar refractivity (Wildman–Crippen MR) is 84.0 cm³/mol. The van der Waals surface area contributed by atoms with Gasteiger partial charge in [-0.2, -0.15) is 0 Å². The first-order valence-corrected chi connectivity index (χ1v) is 9.51. The second-order valence-electron chi connectivity index (χ2n) is 4.75. The van der Waals surface area contributed by atoms with E-state index in [9.17, 15) is 17.2 Å². The standard InChI is InChI=1S/C14H20BrF2NO2S/c1-3-18-12(6-5-9-21(19,20)4-2)10-7-8-11(16)14(17)13(10)15/h7-8,12,18H,3-6,9H2,1-2H3. The van der Waals surface area contributed by atoms with Crippen LogP contribution in [0.2, 0.25) is 0 Å². The van der Waals surface area contributed by atoms with E-state index in [1.165, 1.54) is 6.07 Å². The summed E-state index contributed by atoms with van der Waals surface area (Å²) in [6.45, 7) is 4.17. The number of nitrogens with one attached hydrogen (secondary N) is 1. The molecule has 120 valence electrons. The molecule has 3 nitrogen and oxygen atoms in total. The lowest BCUT2D eigenvalue weighted by atomic mass is 10.0. The fourth-order valence-corrected chi connectivity index (χ4v) is 3.57. The molecule has 0 aliphatic carbocycles. The van der Waals surface area contributed by atoms with Gasteiger partial charge in [0.15, 0.2) is 11.6 Å². The van der Waals surface area contributed by atoms with Crippen molar-refractivity contribution in [3.63, 3.8) is 0 Å². The van der Waals surface area contributed by atoms with Crippen molar-refractivity contribution < 1.29 is 17.2 Å². The molecule has 21 heavy (non-hydrogen) atoms. The predicted octanol–water partition coefficient (Wildman–Crippen LogP) is 3.59. The monoisotopic (exact) mass is 383 g/mol. The Labute approximate surface area is 133 Å². The molecule has 0 saturated carbocycles. The Morgan fingerprint density at radius 1 is 1.29 bits per heavy atom. The third-order valence-electron chi connectivity index (χ3n) is 3.28. The molecule has 1 aromatic rings. The van der Waals surface area contributed by atoms with Crippen molar-refractivity contribution in [2.24, 2.45) is 0 Å². The molecule has 7 heteroatoms. The van der Waals surface area contributed by atoms with E-state index in [4.69, 9.17) is 0 Å². The highest BCUT2D eigenvalue weighted by molar-refractivity contribution is 9.10. The number of rotatable bonds is 8. The molecule has 1 atom stereocenters. The van der Waals surface area contributed by atoms with Crippen molar-refractivity contribution >= 4 is 25.8 Å². The smallest absolute Gasteiger partial charge is 0.173 e. The Kier molecular flexibility index (Phi) is 7.23. The Bertz CT molecular complexity index is 579. The maximum atomic E-state index is 13.6. The van der Waals surface area contributed by atoms with Crippen LogP contribution in [0.3, 0.4) is 0 Å². The van der Waals surface area contributed by atoms with E-state index in [1.54, 1.807) is 6.92 Å². The van der Waals surface area contributed by atoms with E-state index in [1.807, 2.05) is 6.92 Å². The van der Waals surface area contributed by atoms with Gasteiger partial charge in [0.2, 0.25) is 0 Å². The Hall–Kier alpha value is -0.530. The van der Waals surface area contributed by atoms with Crippen LogP contribution in [0, 0.1) is 11.6 Å². The second kappa shape index (κ2) is 8.19. The lowest BCUT2D eigenvalue weighted by Crippen LogP contribution is -2.22. The van der Waals surface area contributed by atoms with Crippen LogP contribution in [0.15, 0.2) is 16.6 Å². The molecule has 0 aliphatic heterocycles. The lowest BCUT2D eigenvalue weighted by Gasteiger charge is -2.20. The fraction of sp³-hybridized carbons (Fsp3) is 0.571. The lowest BCUT2D eigenvalue weighted by molar-refractivity contribution is 0.479. The van der Waals surface area contributed by atoms with Gasteiger partial charge in [-0.1, -0.05) is 19.9 Å². The quantitative estimate of drug-likeness (QED) is 0.697. The zero-order valence-corrected chi connectivity index (χ0v) is 14.5. The van der Waals surface area contributed by atoms with Gasteiger partial charge >= 0.3 is 0 Å². The minimum atomic E-state index is -3.01. The van der Waals surface area contributed by atoms with Gasteiger partial charge in [0.05, 0.1) is 10.2 Å². The van der Waals surface area contributed by atoms with E-state index < -0.39 is 21.5 Å². The summed E-state index contributed by atoms with van der Waals surface area (Å²) < 4.78 is 49.9. The van der Waals surface area contributed by atoms with Crippen molar-refractivity contribution in [2.45, 2.75) is 32.7 Å². The van der Waals surface area contributed by atoms with Crippen LogP contribution in [0.5, 0.6) is 0 Å². The Balaban J connectivity index is 2.85. The molecule has 1 unspecified atom stereocenters. The molecule has 0 heterocycles. The molecule has 1 N–H and O–H groups in total. The highest BCUT2D eigenvalue weighted by Gasteiger charge is 2.19. The highest BCUT2D eigenvalue weighted by Crippen LogP contribution is 2.30. The first kappa shape index (κ1) is 18.5. The van der Waals surface area contributed by atoms with Gasteiger partial charge in [0.25, 0.3) is 0 Å². The van der Waals surface area contributed by atoms with Crippen LogP contribution in [0.25, 0.3) is 0 Å². The van der Waals surface area contributed by atoms with Gasteiger partial charge in [0.1, 0.15) is 9.84 Å². The van der Waals surface area contributed by atoms with E-state index >= 15 is 0 Å². The minimum absolute atomic E-state index is 0.0896. The fourth-order valence-electron chi connectivity index (χ4n) is 2.08. The topological polar surface area (TPSA) is 46.2 Å². The van der Waals surface area contributed by atoms with Crippen LogP contribution in [0.4, 0.5) is 8.78 Å². The van der Waals surface area contributed by atoms with Crippen molar-refractivity contribution in [1.82, 2.24) is 5.32 Å². The third kappa shape index (κ3) is 5.30. The molecule has 0 fully saturated rings. The number of hydrogen-bond donors (Lipinski definition) is 1. The van der Waals surface area contributed by atoms with Crippen molar-refractivity contribution in [3.8, 4) is 0 Å². The first-order valence-electron chi connectivity index (χ1n) is 6.89. The van der Waals surface area contributed by atoms with Gasteiger partial charge < -0.3 is 5.32 Å². The average Bonchev–Trinajstić information content (AvgIpc) is 2.44. The summed E-state index contributed by atoms with van der Waals surface area (Å²) in [5.41, 5.74) is 0.602. The first-order chi connectivity index (χ1) is 9.82. The van der Waals surface area contributed by atoms with Crippen LogP contribution in [-0.2, 0) is 9.84 Å². The van der Waals surface area contributed by atoms with Gasteiger partial charge in [-0.3, -0.25) is 0 Å². The molecule has 0 aromatic heterocycles. The maximum Gasteiger partial charge on any atom is 0.173 e. The SMILES string of the molecule is CCNC(CCCS(=O)(=O)CC)c1ccc(F)c(F)c1Br. The van der Waals surface area contributed by atoms with Crippen LogP contribution in [0.1, 0.15) is 38.3 Å². The van der Waals surface area contributed by atoms with Gasteiger partial charge in [-0.05, 0) is 46.9 Å². The average molecular weight is 384 g/mol. The van der Waals surface area contributed by atoms with Gasteiger partial charge in [0, 0.05) is 11.8 Å². The molecule has 0 aliphatic rings. The number of sulfone groups is 1. The Morgan fingerprint density at radius 2 is 1.95 bits per heavy atom. The van der Waals surface area contributed by atoms with Gasteiger partial charge in [-0.15, -0.1) is 0 Å². The second-order valence-corrected chi connectivity index (χ2v) is 8.02. The molecule has 1 aromatic carbocycles. The zero-order chi connectivity index (χ0) is 16.0. The van der Waals surface area contributed by atoms with Crippen molar-refractivity contribution in [3.05, 3.63) is 33.8 Å².